The molecule has 2 nitrogen and oxygen atoms in total. The summed E-state index contributed by atoms with van der Waals surface area (Å²) in [4.78, 5) is 0. The van der Waals surface area contributed by atoms with Crippen LogP contribution in [0, 0.1) is 5.82 Å². The van der Waals surface area contributed by atoms with E-state index in [0.29, 0.717) is 16.3 Å². The van der Waals surface area contributed by atoms with Crippen molar-refractivity contribution in [3.63, 3.8) is 0 Å². The van der Waals surface area contributed by atoms with Crippen molar-refractivity contribution >= 4 is 27.5 Å². The molecule has 1 unspecified atom stereocenters. The summed E-state index contributed by atoms with van der Waals surface area (Å²) in [5.74, 6) is 0.237. The maximum atomic E-state index is 13.5. The van der Waals surface area contributed by atoms with Gasteiger partial charge in [0.15, 0.2) is 0 Å². The standard InChI is InChI=1S/C15H13BrClFO2/c1-20-14-6-5-10(17)7-9(14)8-13(19)11-3-2-4-12(18)15(11)16/h2-7,13,19H,8H2,1H3. The molecule has 1 atom stereocenters. The number of ether oxygens (including phenoxy) is 1. The molecule has 106 valence electrons. The molecule has 0 spiro atoms. The molecular weight excluding hydrogens is 347 g/mol. The van der Waals surface area contributed by atoms with E-state index in [1.54, 1.807) is 37.4 Å². The molecular formula is C15H13BrClFO2. The Kier molecular flexibility index (Phi) is 5.02. The lowest BCUT2D eigenvalue weighted by molar-refractivity contribution is 0.176. The van der Waals surface area contributed by atoms with Crippen molar-refractivity contribution in [3.8, 4) is 5.75 Å². The van der Waals surface area contributed by atoms with E-state index in [1.165, 1.54) is 6.07 Å². The highest BCUT2D eigenvalue weighted by atomic mass is 79.9. The second-order valence-corrected chi connectivity index (χ2v) is 5.55. The molecule has 0 aliphatic heterocycles. The summed E-state index contributed by atoms with van der Waals surface area (Å²) < 4.78 is 19.0. The van der Waals surface area contributed by atoms with Gasteiger partial charge in [0, 0.05) is 11.4 Å². The van der Waals surface area contributed by atoms with E-state index in [4.69, 9.17) is 16.3 Å². The molecule has 2 aromatic rings. The first-order valence-corrected chi connectivity index (χ1v) is 7.14. The summed E-state index contributed by atoms with van der Waals surface area (Å²) in [6.45, 7) is 0. The third kappa shape index (κ3) is 3.32. The van der Waals surface area contributed by atoms with E-state index in [2.05, 4.69) is 15.9 Å². The van der Waals surface area contributed by atoms with Gasteiger partial charge in [0.1, 0.15) is 11.6 Å². The van der Waals surface area contributed by atoms with Crippen molar-refractivity contribution in [2.24, 2.45) is 0 Å². The van der Waals surface area contributed by atoms with Crippen molar-refractivity contribution in [2.75, 3.05) is 7.11 Å². The van der Waals surface area contributed by atoms with Crippen LogP contribution >= 0.6 is 27.5 Å². The fourth-order valence-electron chi connectivity index (χ4n) is 2.00. The van der Waals surface area contributed by atoms with Gasteiger partial charge in [0.25, 0.3) is 0 Å². The zero-order chi connectivity index (χ0) is 14.7. The molecule has 0 saturated carbocycles. The van der Waals surface area contributed by atoms with Gasteiger partial charge in [-0.1, -0.05) is 23.7 Å². The number of hydrogen-bond acceptors (Lipinski definition) is 2. The maximum absolute atomic E-state index is 13.5. The molecule has 2 aromatic carbocycles. The minimum absolute atomic E-state index is 0.272. The van der Waals surface area contributed by atoms with Crippen LogP contribution < -0.4 is 4.74 Å². The first-order valence-electron chi connectivity index (χ1n) is 5.97. The Morgan fingerprint density at radius 3 is 2.80 bits per heavy atom. The van der Waals surface area contributed by atoms with E-state index >= 15 is 0 Å². The summed E-state index contributed by atoms with van der Waals surface area (Å²) >= 11 is 9.11. The predicted octanol–water partition coefficient (Wildman–Crippen LogP) is 4.53. The predicted molar refractivity (Wildman–Crippen MR) is 80.8 cm³/mol. The number of aliphatic hydroxyl groups excluding tert-OH is 1. The average molecular weight is 360 g/mol. The average Bonchev–Trinajstić information content (AvgIpc) is 2.42. The highest BCUT2D eigenvalue weighted by molar-refractivity contribution is 9.10. The number of hydrogen-bond donors (Lipinski definition) is 1. The van der Waals surface area contributed by atoms with Crippen LogP contribution in [0.3, 0.4) is 0 Å². The van der Waals surface area contributed by atoms with Gasteiger partial charge in [-0.25, -0.2) is 4.39 Å². The van der Waals surface area contributed by atoms with Crippen LogP contribution in [-0.4, -0.2) is 12.2 Å². The number of halogens is 3. The largest absolute Gasteiger partial charge is 0.496 e. The Hall–Kier alpha value is -1.10. The Morgan fingerprint density at radius 2 is 2.10 bits per heavy atom. The van der Waals surface area contributed by atoms with Gasteiger partial charge in [0.2, 0.25) is 0 Å². The zero-order valence-electron chi connectivity index (χ0n) is 10.7. The Labute approximate surface area is 130 Å². The number of aliphatic hydroxyl groups is 1. The molecule has 0 heterocycles. The van der Waals surface area contributed by atoms with Crippen LogP contribution in [0.25, 0.3) is 0 Å². The highest BCUT2D eigenvalue weighted by Crippen LogP contribution is 2.31. The molecule has 0 aromatic heterocycles. The molecule has 0 fully saturated rings. The van der Waals surface area contributed by atoms with Crippen LogP contribution in [0.2, 0.25) is 5.02 Å². The van der Waals surface area contributed by atoms with Gasteiger partial charge in [-0.05, 0) is 51.3 Å². The lowest BCUT2D eigenvalue weighted by Crippen LogP contribution is -2.05. The molecule has 0 amide bonds. The van der Waals surface area contributed by atoms with Crippen LogP contribution in [0.5, 0.6) is 5.75 Å². The number of benzene rings is 2. The molecule has 0 saturated heterocycles. The summed E-state index contributed by atoms with van der Waals surface area (Å²) in [6.07, 6.45) is -0.571. The molecule has 0 aliphatic rings. The van der Waals surface area contributed by atoms with Crippen LogP contribution in [0.1, 0.15) is 17.2 Å². The van der Waals surface area contributed by atoms with Gasteiger partial charge in [-0.3, -0.25) is 0 Å². The van der Waals surface area contributed by atoms with Crippen molar-refractivity contribution in [1.82, 2.24) is 0 Å². The van der Waals surface area contributed by atoms with Gasteiger partial charge >= 0.3 is 0 Å². The smallest absolute Gasteiger partial charge is 0.137 e. The number of rotatable bonds is 4. The SMILES string of the molecule is COc1ccc(Cl)cc1CC(O)c1cccc(F)c1Br. The van der Waals surface area contributed by atoms with Crippen LogP contribution in [0.15, 0.2) is 40.9 Å². The van der Waals surface area contributed by atoms with E-state index in [0.717, 1.165) is 5.56 Å². The van der Waals surface area contributed by atoms with Gasteiger partial charge < -0.3 is 9.84 Å². The second-order valence-electron chi connectivity index (χ2n) is 4.32. The third-order valence-corrected chi connectivity index (χ3v) is 4.07. The summed E-state index contributed by atoms with van der Waals surface area (Å²) in [6, 6.07) is 9.76. The van der Waals surface area contributed by atoms with Crippen LogP contribution in [-0.2, 0) is 6.42 Å². The Morgan fingerprint density at radius 1 is 1.35 bits per heavy atom. The normalized spacial score (nSPS) is 12.2. The molecule has 20 heavy (non-hydrogen) atoms. The molecule has 0 aliphatic carbocycles. The topological polar surface area (TPSA) is 29.5 Å². The fraction of sp³-hybridized carbons (Fsp3) is 0.200. The van der Waals surface area contributed by atoms with Crippen molar-refractivity contribution in [3.05, 3.63) is 62.8 Å². The van der Waals surface area contributed by atoms with E-state index in [1.807, 2.05) is 0 Å². The van der Waals surface area contributed by atoms with E-state index < -0.39 is 11.9 Å². The summed E-state index contributed by atoms with van der Waals surface area (Å²) in [7, 11) is 1.55. The minimum atomic E-state index is -0.854. The Balaban J connectivity index is 2.30. The first-order chi connectivity index (χ1) is 9.52. The molecule has 0 bridgehead atoms. The van der Waals surface area contributed by atoms with Crippen LogP contribution in [0.4, 0.5) is 4.39 Å². The zero-order valence-corrected chi connectivity index (χ0v) is 13.1. The minimum Gasteiger partial charge on any atom is -0.496 e. The quantitative estimate of drug-likeness (QED) is 0.869. The lowest BCUT2D eigenvalue weighted by atomic mass is 10.0. The lowest BCUT2D eigenvalue weighted by Gasteiger charge is -2.15. The molecule has 2 rings (SSSR count). The second kappa shape index (κ2) is 6.57. The monoisotopic (exact) mass is 358 g/mol. The number of methoxy groups -OCH3 is 1. The van der Waals surface area contributed by atoms with Gasteiger partial charge in [-0.2, -0.15) is 0 Å². The third-order valence-electron chi connectivity index (χ3n) is 3.00. The van der Waals surface area contributed by atoms with Crippen molar-refractivity contribution in [1.29, 1.82) is 0 Å². The Bertz CT molecular complexity index is 619. The van der Waals surface area contributed by atoms with Gasteiger partial charge in [0.05, 0.1) is 17.7 Å². The molecule has 0 radical (unpaired) electrons. The summed E-state index contributed by atoms with van der Waals surface area (Å²) in [5.41, 5.74) is 1.26. The van der Waals surface area contributed by atoms with E-state index in [9.17, 15) is 9.50 Å². The first kappa shape index (κ1) is 15.3. The van der Waals surface area contributed by atoms with E-state index in [-0.39, 0.29) is 10.9 Å². The summed E-state index contributed by atoms with van der Waals surface area (Å²) in [5, 5.41) is 10.9. The van der Waals surface area contributed by atoms with Crippen molar-refractivity contribution < 1.29 is 14.2 Å². The molecule has 5 heteroatoms. The fourth-order valence-corrected chi connectivity index (χ4v) is 2.73. The maximum Gasteiger partial charge on any atom is 0.137 e. The van der Waals surface area contributed by atoms with Crippen molar-refractivity contribution in [2.45, 2.75) is 12.5 Å². The molecule has 1 N–H and O–H groups in total. The van der Waals surface area contributed by atoms with Gasteiger partial charge in [-0.15, -0.1) is 0 Å². The highest BCUT2D eigenvalue weighted by Gasteiger charge is 2.16.